The quantitative estimate of drug-likeness (QED) is 0.625. The Morgan fingerprint density at radius 2 is 2.05 bits per heavy atom. The minimum absolute atomic E-state index is 0.241. The van der Waals surface area contributed by atoms with Crippen LogP contribution in [0.2, 0.25) is 10.0 Å². The van der Waals surface area contributed by atoms with Crippen LogP contribution in [0.3, 0.4) is 0 Å². The van der Waals surface area contributed by atoms with E-state index in [4.69, 9.17) is 33.7 Å². The fourth-order valence-electron chi connectivity index (χ4n) is 1.79. The molecule has 5 nitrogen and oxygen atoms in total. The van der Waals surface area contributed by atoms with Gasteiger partial charge in [-0.3, -0.25) is 9.48 Å². The highest BCUT2D eigenvalue weighted by atomic mass is 79.9. The minimum atomic E-state index is -0.251. The lowest BCUT2D eigenvalue weighted by molar-refractivity contribution is 0.102. The molecule has 112 valence electrons. The Bertz CT molecular complexity index is 665. The maximum Gasteiger partial charge on any atom is 0.212 e. The highest BCUT2D eigenvalue weighted by Gasteiger charge is 2.20. The predicted molar refractivity (Wildman–Crippen MR) is 86.1 cm³/mol. The molecule has 0 unspecified atom stereocenters. The van der Waals surface area contributed by atoms with E-state index in [0.29, 0.717) is 28.9 Å². The summed E-state index contributed by atoms with van der Waals surface area (Å²) in [6.45, 7) is 0.900. The first-order chi connectivity index (χ1) is 9.95. The maximum absolute atomic E-state index is 12.6. The van der Waals surface area contributed by atoms with E-state index in [9.17, 15) is 4.79 Å². The number of aromatic nitrogens is 2. The van der Waals surface area contributed by atoms with Gasteiger partial charge in [0.15, 0.2) is 0 Å². The first-order valence-electron chi connectivity index (χ1n) is 5.95. The Kier molecular flexibility index (Phi) is 5.27. The summed E-state index contributed by atoms with van der Waals surface area (Å²) in [7, 11) is 1.58. The van der Waals surface area contributed by atoms with Crippen LogP contribution in [0.4, 0.5) is 5.69 Å². The van der Waals surface area contributed by atoms with Crippen molar-refractivity contribution in [2.45, 2.75) is 6.54 Å². The highest BCUT2D eigenvalue weighted by Crippen LogP contribution is 2.30. The van der Waals surface area contributed by atoms with Crippen LogP contribution in [0.5, 0.6) is 0 Å². The fraction of sp³-hybridized carbons (Fsp3) is 0.231. The van der Waals surface area contributed by atoms with Crippen molar-refractivity contribution in [1.82, 2.24) is 9.78 Å². The second kappa shape index (κ2) is 6.79. The summed E-state index contributed by atoms with van der Waals surface area (Å²) in [4.78, 5) is 12.6. The van der Waals surface area contributed by atoms with E-state index in [1.54, 1.807) is 18.0 Å². The number of nitrogen functional groups attached to an aromatic ring is 1. The molecule has 2 N–H and O–H groups in total. The van der Waals surface area contributed by atoms with Gasteiger partial charge < -0.3 is 10.5 Å². The summed E-state index contributed by atoms with van der Waals surface area (Å²) >= 11 is 15.3. The lowest BCUT2D eigenvalue weighted by Gasteiger charge is -2.09. The largest absolute Gasteiger partial charge is 0.396 e. The van der Waals surface area contributed by atoms with Gasteiger partial charge >= 0.3 is 0 Å². The molecule has 0 amide bonds. The third kappa shape index (κ3) is 3.40. The average Bonchev–Trinajstić information content (AvgIpc) is 2.82. The summed E-state index contributed by atoms with van der Waals surface area (Å²) in [6.07, 6.45) is 1.56. The smallest absolute Gasteiger partial charge is 0.212 e. The zero-order valence-electron chi connectivity index (χ0n) is 11.1. The van der Waals surface area contributed by atoms with Crippen molar-refractivity contribution >= 4 is 50.6 Å². The van der Waals surface area contributed by atoms with Crippen LogP contribution >= 0.6 is 39.1 Å². The van der Waals surface area contributed by atoms with E-state index < -0.39 is 0 Å². The van der Waals surface area contributed by atoms with E-state index in [0.717, 1.165) is 0 Å². The molecule has 2 rings (SSSR count). The molecule has 0 saturated carbocycles. The van der Waals surface area contributed by atoms with Gasteiger partial charge in [0, 0.05) is 12.7 Å². The van der Waals surface area contributed by atoms with E-state index in [1.165, 1.54) is 12.1 Å². The summed E-state index contributed by atoms with van der Waals surface area (Å²) < 4.78 is 7.16. The lowest BCUT2D eigenvalue weighted by atomic mass is 10.1. The van der Waals surface area contributed by atoms with Crippen LogP contribution in [0.15, 0.2) is 22.8 Å². The summed E-state index contributed by atoms with van der Waals surface area (Å²) in [5, 5.41) is 4.62. The van der Waals surface area contributed by atoms with Crippen molar-refractivity contribution < 1.29 is 9.53 Å². The molecule has 0 aliphatic heterocycles. The zero-order chi connectivity index (χ0) is 15.6. The van der Waals surface area contributed by atoms with Crippen LogP contribution in [0.25, 0.3) is 0 Å². The van der Waals surface area contributed by atoms with Crippen molar-refractivity contribution in [2.24, 2.45) is 0 Å². The van der Waals surface area contributed by atoms with Gasteiger partial charge in [-0.25, -0.2) is 0 Å². The van der Waals surface area contributed by atoms with Gasteiger partial charge in [0.1, 0.15) is 5.69 Å². The SMILES string of the molecule is COCCn1ncc(Br)c1C(=O)c1cc(Cl)c(N)c(Cl)c1. The molecule has 8 heteroatoms. The van der Waals surface area contributed by atoms with Crippen molar-refractivity contribution in [3.63, 3.8) is 0 Å². The van der Waals surface area contributed by atoms with Crippen LogP contribution < -0.4 is 5.73 Å². The number of benzene rings is 1. The van der Waals surface area contributed by atoms with Gasteiger partial charge in [-0.05, 0) is 28.1 Å². The number of nitrogens with two attached hydrogens (primary N) is 1. The Balaban J connectivity index is 2.43. The number of halogens is 3. The molecule has 0 fully saturated rings. The zero-order valence-corrected chi connectivity index (χ0v) is 14.2. The van der Waals surface area contributed by atoms with Gasteiger partial charge in [0.2, 0.25) is 5.78 Å². The number of carbonyl (C=O) groups is 1. The Hall–Kier alpha value is -1.08. The monoisotopic (exact) mass is 391 g/mol. The predicted octanol–water partition coefficient (Wildman–Crippen LogP) is 3.41. The lowest BCUT2D eigenvalue weighted by Crippen LogP contribution is -2.15. The molecular weight excluding hydrogens is 381 g/mol. The third-order valence-electron chi connectivity index (χ3n) is 2.86. The number of methoxy groups -OCH3 is 1. The van der Waals surface area contributed by atoms with Crippen molar-refractivity contribution in [3.05, 3.63) is 44.1 Å². The Morgan fingerprint density at radius 3 is 2.62 bits per heavy atom. The number of nitrogens with zero attached hydrogens (tertiary/aromatic N) is 2. The molecular formula is C13H12BrCl2N3O2. The molecule has 0 spiro atoms. The molecule has 0 radical (unpaired) electrons. The molecule has 0 saturated heterocycles. The number of ether oxygens (including phenoxy) is 1. The number of ketones is 1. The topological polar surface area (TPSA) is 70.1 Å². The molecule has 1 aromatic carbocycles. The van der Waals surface area contributed by atoms with Crippen molar-refractivity contribution in [2.75, 3.05) is 19.5 Å². The Labute approximate surface area is 140 Å². The van der Waals surface area contributed by atoms with Crippen LogP contribution in [-0.4, -0.2) is 29.3 Å². The summed E-state index contributed by atoms with van der Waals surface area (Å²) in [5.74, 6) is -0.251. The average molecular weight is 393 g/mol. The van der Waals surface area contributed by atoms with Gasteiger partial charge in [-0.2, -0.15) is 5.10 Å². The van der Waals surface area contributed by atoms with Crippen LogP contribution in [0.1, 0.15) is 16.1 Å². The second-order valence-corrected chi connectivity index (χ2v) is 5.91. The summed E-state index contributed by atoms with van der Waals surface area (Å²) in [5.41, 5.74) is 6.68. The third-order valence-corrected chi connectivity index (χ3v) is 4.06. The maximum atomic E-state index is 12.6. The standard InChI is InChI=1S/C13H12BrCl2N3O2/c1-21-3-2-19-12(8(14)6-18-19)13(20)7-4-9(15)11(17)10(16)5-7/h4-6H,2-3,17H2,1H3. The minimum Gasteiger partial charge on any atom is -0.396 e. The fourth-order valence-corrected chi connectivity index (χ4v) is 2.75. The van der Waals surface area contributed by atoms with Gasteiger partial charge in [-0.15, -0.1) is 0 Å². The van der Waals surface area contributed by atoms with Crippen LogP contribution in [-0.2, 0) is 11.3 Å². The number of hydrogen-bond donors (Lipinski definition) is 1. The van der Waals surface area contributed by atoms with Gasteiger partial charge in [0.25, 0.3) is 0 Å². The van der Waals surface area contributed by atoms with Crippen molar-refractivity contribution in [3.8, 4) is 0 Å². The number of carbonyl (C=O) groups excluding carboxylic acids is 1. The van der Waals surface area contributed by atoms with Crippen molar-refractivity contribution in [1.29, 1.82) is 0 Å². The molecule has 2 aromatic rings. The van der Waals surface area contributed by atoms with E-state index in [2.05, 4.69) is 21.0 Å². The van der Waals surface area contributed by atoms with E-state index >= 15 is 0 Å². The Morgan fingerprint density at radius 1 is 1.43 bits per heavy atom. The normalized spacial score (nSPS) is 10.9. The number of anilines is 1. The molecule has 21 heavy (non-hydrogen) atoms. The first-order valence-corrected chi connectivity index (χ1v) is 7.50. The molecule has 1 aromatic heterocycles. The number of rotatable bonds is 5. The molecule has 0 aliphatic carbocycles. The second-order valence-electron chi connectivity index (χ2n) is 4.24. The van der Waals surface area contributed by atoms with E-state index in [1.807, 2.05) is 0 Å². The van der Waals surface area contributed by atoms with E-state index in [-0.39, 0.29) is 21.5 Å². The number of hydrogen-bond acceptors (Lipinski definition) is 4. The highest BCUT2D eigenvalue weighted by molar-refractivity contribution is 9.10. The molecule has 0 bridgehead atoms. The molecule has 1 heterocycles. The van der Waals surface area contributed by atoms with Gasteiger partial charge in [0.05, 0.1) is 39.6 Å². The molecule has 0 aliphatic rings. The van der Waals surface area contributed by atoms with Crippen LogP contribution in [0, 0.1) is 0 Å². The first kappa shape index (κ1) is 16.3. The van der Waals surface area contributed by atoms with Gasteiger partial charge in [-0.1, -0.05) is 23.2 Å². The molecule has 0 atom stereocenters. The summed E-state index contributed by atoms with van der Waals surface area (Å²) in [6, 6.07) is 2.98.